The van der Waals surface area contributed by atoms with E-state index in [1.807, 2.05) is 39.6 Å². The van der Waals surface area contributed by atoms with Crippen molar-refractivity contribution in [2.45, 2.75) is 13.6 Å². The van der Waals surface area contributed by atoms with E-state index in [1.165, 1.54) is 5.56 Å². The van der Waals surface area contributed by atoms with Crippen molar-refractivity contribution in [2.75, 3.05) is 45.3 Å². The smallest absolute Gasteiger partial charge is 0.204 e. The third-order valence-electron chi connectivity index (χ3n) is 6.70. The molecule has 1 fully saturated rings. The Bertz CT molecular complexity index is 1420. The molecule has 3 aromatic carbocycles. The molecule has 37 heavy (non-hydrogen) atoms. The van der Waals surface area contributed by atoms with E-state index >= 15 is 0 Å². The van der Waals surface area contributed by atoms with Crippen LogP contribution < -0.4 is 14.4 Å². The highest BCUT2D eigenvalue weighted by molar-refractivity contribution is 7.71. The number of aromatic hydroxyl groups is 1. The fourth-order valence-electron chi connectivity index (χ4n) is 4.58. The Balaban J connectivity index is 1.47. The summed E-state index contributed by atoms with van der Waals surface area (Å²) in [5, 5.41) is 14.6. The molecule has 0 spiro atoms. The number of methoxy groups -OCH3 is 2. The highest BCUT2D eigenvalue weighted by Gasteiger charge is 2.22. The van der Waals surface area contributed by atoms with Crippen molar-refractivity contribution >= 4 is 17.9 Å². The lowest BCUT2D eigenvalue weighted by Gasteiger charge is -2.35. The fourth-order valence-corrected chi connectivity index (χ4v) is 4.86. The number of benzene rings is 3. The standard InChI is InChI=1S/C28H31N5O3S/c1-20-4-6-21(7-5-20)27-29-32(28(37)33(27)25-18-24(35-2)12-13-26(25)36-3)19-30-14-16-31(17-15-30)22-8-10-23(34)11-9-22/h4-13,18,34H,14-17,19H2,1-3H3. The van der Waals surface area contributed by atoms with Crippen LogP contribution >= 0.6 is 12.2 Å². The molecule has 0 amide bonds. The minimum atomic E-state index is 0.282. The quantitative estimate of drug-likeness (QED) is 0.351. The summed E-state index contributed by atoms with van der Waals surface area (Å²) >= 11 is 5.99. The zero-order chi connectivity index (χ0) is 25.9. The molecule has 2 heterocycles. The molecule has 0 bridgehead atoms. The number of ether oxygens (including phenoxy) is 2. The van der Waals surface area contributed by atoms with Crippen LogP contribution in [-0.4, -0.2) is 64.8 Å². The van der Waals surface area contributed by atoms with Crippen LogP contribution in [0.25, 0.3) is 17.1 Å². The van der Waals surface area contributed by atoms with Crippen molar-refractivity contribution in [1.29, 1.82) is 0 Å². The van der Waals surface area contributed by atoms with Gasteiger partial charge in [0.1, 0.15) is 17.2 Å². The van der Waals surface area contributed by atoms with Crippen LogP contribution in [0.3, 0.4) is 0 Å². The van der Waals surface area contributed by atoms with Crippen LogP contribution in [0.15, 0.2) is 66.7 Å². The molecule has 0 atom stereocenters. The number of hydrogen-bond acceptors (Lipinski definition) is 7. The lowest BCUT2D eigenvalue weighted by molar-refractivity contribution is 0.194. The Morgan fingerprint density at radius 2 is 1.59 bits per heavy atom. The fraction of sp³-hybridized carbons (Fsp3) is 0.286. The number of anilines is 1. The Morgan fingerprint density at radius 3 is 2.24 bits per heavy atom. The van der Waals surface area contributed by atoms with Crippen molar-refractivity contribution in [1.82, 2.24) is 19.2 Å². The summed E-state index contributed by atoms with van der Waals surface area (Å²) in [4.78, 5) is 4.68. The van der Waals surface area contributed by atoms with Crippen LogP contribution in [0.4, 0.5) is 5.69 Å². The molecule has 0 unspecified atom stereocenters. The maximum atomic E-state index is 9.59. The molecule has 1 aliphatic rings. The molecule has 0 saturated carbocycles. The zero-order valence-corrected chi connectivity index (χ0v) is 22.1. The Labute approximate surface area is 221 Å². The number of piperazine rings is 1. The van der Waals surface area contributed by atoms with E-state index in [0.29, 0.717) is 22.9 Å². The first-order chi connectivity index (χ1) is 18.0. The van der Waals surface area contributed by atoms with E-state index in [1.54, 1.807) is 26.4 Å². The Hall–Kier alpha value is -3.82. The van der Waals surface area contributed by atoms with Crippen LogP contribution in [0.2, 0.25) is 0 Å². The number of nitrogens with zero attached hydrogens (tertiary/aromatic N) is 5. The van der Waals surface area contributed by atoms with Crippen molar-refractivity contribution in [3.8, 4) is 34.3 Å². The van der Waals surface area contributed by atoms with Gasteiger partial charge < -0.3 is 19.5 Å². The number of aromatic nitrogens is 3. The SMILES string of the molecule is COc1ccc(OC)c(-n2c(-c3ccc(C)cc3)nn(CN3CCN(c4ccc(O)cc4)CC3)c2=S)c1. The topological polar surface area (TPSA) is 67.9 Å². The first-order valence-corrected chi connectivity index (χ1v) is 12.6. The molecule has 1 saturated heterocycles. The van der Waals surface area contributed by atoms with E-state index in [9.17, 15) is 5.11 Å². The highest BCUT2D eigenvalue weighted by Crippen LogP contribution is 2.32. The van der Waals surface area contributed by atoms with Gasteiger partial charge in [-0.1, -0.05) is 29.8 Å². The van der Waals surface area contributed by atoms with Gasteiger partial charge in [-0.25, -0.2) is 4.68 Å². The monoisotopic (exact) mass is 517 g/mol. The Kier molecular flexibility index (Phi) is 7.16. The normalized spacial score (nSPS) is 14.1. The second-order valence-corrected chi connectivity index (χ2v) is 9.47. The van der Waals surface area contributed by atoms with Crippen molar-refractivity contribution in [2.24, 2.45) is 0 Å². The largest absolute Gasteiger partial charge is 0.508 e. The summed E-state index contributed by atoms with van der Waals surface area (Å²) in [6.45, 7) is 6.16. The summed E-state index contributed by atoms with van der Waals surface area (Å²) in [5.41, 5.74) is 4.05. The number of hydrogen-bond donors (Lipinski definition) is 1. The molecular weight excluding hydrogens is 486 g/mol. The van der Waals surface area contributed by atoms with Gasteiger partial charge in [-0.15, -0.1) is 5.10 Å². The zero-order valence-electron chi connectivity index (χ0n) is 21.3. The van der Waals surface area contributed by atoms with Gasteiger partial charge in [0.25, 0.3) is 0 Å². The van der Waals surface area contributed by atoms with Gasteiger partial charge in [0.05, 0.1) is 26.6 Å². The van der Waals surface area contributed by atoms with E-state index in [-0.39, 0.29) is 5.75 Å². The predicted molar refractivity (Wildman–Crippen MR) is 148 cm³/mol. The van der Waals surface area contributed by atoms with Crippen molar-refractivity contribution < 1.29 is 14.6 Å². The highest BCUT2D eigenvalue weighted by atomic mass is 32.1. The van der Waals surface area contributed by atoms with E-state index in [2.05, 4.69) is 41.0 Å². The maximum Gasteiger partial charge on any atom is 0.204 e. The van der Waals surface area contributed by atoms with Gasteiger partial charge in [0, 0.05) is 43.5 Å². The van der Waals surface area contributed by atoms with Crippen LogP contribution in [0.1, 0.15) is 5.56 Å². The molecule has 5 rings (SSSR count). The second-order valence-electron chi connectivity index (χ2n) is 9.11. The Morgan fingerprint density at radius 1 is 0.892 bits per heavy atom. The molecule has 0 radical (unpaired) electrons. The summed E-state index contributed by atoms with van der Waals surface area (Å²) < 4.78 is 15.6. The average molecular weight is 518 g/mol. The molecule has 8 nitrogen and oxygen atoms in total. The molecule has 1 N–H and O–H groups in total. The van der Waals surface area contributed by atoms with E-state index in [4.69, 9.17) is 26.8 Å². The number of phenolic OH excluding ortho intramolecular Hbond substituents is 1. The van der Waals surface area contributed by atoms with E-state index < -0.39 is 0 Å². The second kappa shape index (κ2) is 10.7. The first-order valence-electron chi connectivity index (χ1n) is 12.2. The first kappa shape index (κ1) is 24.9. The predicted octanol–water partition coefficient (Wildman–Crippen LogP) is 4.88. The van der Waals surface area contributed by atoms with Gasteiger partial charge in [-0.2, -0.15) is 0 Å². The average Bonchev–Trinajstić information content (AvgIpc) is 3.25. The molecule has 9 heteroatoms. The molecule has 1 aliphatic heterocycles. The van der Waals surface area contributed by atoms with Gasteiger partial charge >= 0.3 is 0 Å². The van der Waals surface area contributed by atoms with Crippen LogP contribution in [0, 0.1) is 11.7 Å². The number of rotatable bonds is 7. The summed E-state index contributed by atoms with van der Waals surface area (Å²) in [6.07, 6.45) is 0. The molecule has 1 aromatic heterocycles. The molecule has 4 aromatic rings. The third kappa shape index (κ3) is 5.19. The molecule has 192 valence electrons. The van der Waals surface area contributed by atoms with Crippen molar-refractivity contribution in [3.05, 3.63) is 77.1 Å². The number of phenols is 1. The van der Waals surface area contributed by atoms with Crippen molar-refractivity contribution in [3.63, 3.8) is 0 Å². The van der Waals surface area contributed by atoms with Gasteiger partial charge in [-0.05, 0) is 55.5 Å². The van der Waals surface area contributed by atoms with Crippen LogP contribution in [-0.2, 0) is 6.67 Å². The van der Waals surface area contributed by atoms with Gasteiger partial charge in [0.2, 0.25) is 4.77 Å². The molecular formula is C28H31N5O3S. The molecule has 0 aliphatic carbocycles. The van der Waals surface area contributed by atoms with E-state index in [0.717, 1.165) is 48.9 Å². The third-order valence-corrected chi connectivity index (χ3v) is 7.09. The van der Waals surface area contributed by atoms with Gasteiger partial charge in [0.15, 0.2) is 5.82 Å². The minimum Gasteiger partial charge on any atom is -0.508 e. The maximum absolute atomic E-state index is 9.59. The number of aryl methyl sites for hydroxylation is 1. The summed E-state index contributed by atoms with van der Waals surface area (Å²) in [6, 6.07) is 21.3. The lowest BCUT2D eigenvalue weighted by atomic mass is 10.1. The summed E-state index contributed by atoms with van der Waals surface area (Å²) in [5.74, 6) is 2.43. The van der Waals surface area contributed by atoms with Crippen LogP contribution in [0.5, 0.6) is 17.2 Å². The summed E-state index contributed by atoms with van der Waals surface area (Å²) in [7, 11) is 3.30. The minimum absolute atomic E-state index is 0.282. The lowest BCUT2D eigenvalue weighted by Crippen LogP contribution is -2.47. The van der Waals surface area contributed by atoms with Gasteiger partial charge in [-0.3, -0.25) is 9.47 Å².